The Balaban J connectivity index is 1.71. The van der Waals surface area contributed by atoms with Crippen LogP contribution in [0.5, 0.6) is 0 Å². The van der Waals surface area contributed by atoms with Crippen molar-refractivity contribution in [3.8, 4) is 10.4 Å². The van der Waals surface area contributed by atoms with Gasteiger partial charge in [-0.1, -0.05) is 66.7 Å². The Hall–Kier alpha value is -3.22. The number of hydrogen-bond acceptors (Lipinski definition) is 5. The van der Waals surface area contributed by atoms with E-state index in [9.17, 15) is 14.7 Å². The number of carbonyl (C=O) groups is 2. The number of carbonyl (C=O) groups excluding carboxylic acids is 2. The molecule has 2 aromatic carbocycles. The first-order valence-electron chi connectivity index (χ1n) is 8.92. The Labute approximate surface area is 176 Å². The summed E-state index contributed by atoms with van der Waals surface area (Å²) in [5, 5.41) is 18.6. The van der Waals surface area contributed by atoms with Gasteiger partial charge < -0.3 is 15.2 Å². The molecular weight excluding hydrogens is 402 g/mol. The third-order valence-electron chi connectivity index (χ3n) is 4.55. The van der Waals surface area contributed by atoms with Crippen LogP contribution in [0.15, 0.2) is 83.6 Å². The topological polar surface area (TPSA) is 69.2 Å². The third-order valence-corrected chi connectivity index (χ3v) is 6.35. The van der Waals surface area contributed by atoms with Gasteiger partial charge in [0.2, 0.25) is 5.91 Å². The summed E-state index contributed by atoms with van der Waals surface area (Å²) in [5.74, 6) is -2.15. The second-order valence-corrected chi connectivity index (χ2v) is 8.19. The number of amides is 1. The summed E-state index contributed by atoms with van der Waals surface area (Å²) >= 11 is 2.64. The van der Waals surface area contributed by atoms with Gasteiger partial charge in [0.25, 0.3) is 0 Å². The Morgan fingerprint density at radius 1 is 0.828 bits per heavy atom. The summed E-state index contributed by atoms with van der Waals surface area (Å²) in [5.41, 5.74) is 2.25. The van der Waals surface area contributed by atoms with Crippen LogP contribution in [0.2, 0.25) is 0 Å². The van der Waals surface area contributed by atoms with Gasteiger partial charge in [0.1, 0.15) is 5.00 Å². The maximum absolute atomic E-state index is 13.3. The molecule has 29 heavy (non-hydrogen) atoms. The van der Waals surface area contributed by atoms with Crippen LogP contribution >= 0.6 is 22.7 Å². The van der Waals surface area contributed by atoms with Crippen molar-refractivity contribution in [2.45, 2.75) is 5.92 Å². The minimum absolute atomic E-state index is 0.0191. The molecule has 0 bridgehead atoms. The monoisotopic (exact) mass is 418 g/mol. The van der Waals surface area contributed by atoms with Crippen molar-refractivity contribution in [3.05, 3.63) is 100 Å². The van der Waals surface area contributed by atoms with Crippen LogP contribution in [0, 0.1) is 0 Å². The largest absolute Gasteiger partial charge is 0.545 e. The highest BCUT2D eigenvalue weighted by Crippen LogP contribution is 2.38. The van der Waals surface area contributed by atoms with Gasteiger partial charge in [0.15, 0.2) is 0 Å². The second-order valence-electron chi connectivity index (χ2n) is 6.36. The highest BCUT2D eigenvalue weighted by Gasteiger charge is 2.25. The minimum Gasteiger partial charge on any atom is -0.545 e. The van der Waals surface area contributed by atoms with Crippen LogP contribution in [0.4, 0.5) is 5.00 Å². The number of thiophene rings is 2. The molecule has 2 heterocycles. The van der Waals surface area contributed by atoms with Crippen molar-refractivity contribution >= 4 is 39.6 Å². The number of anilines is 1. The molecule has 0 atom stereocenters. The first-order chi connectivity index (χ1) is 14.1. The van der Waals surface area contributed by atoms with Crippen molar-refractivity contribution in [2.24, 2.45) is 0 Å². The summed E-state index contributed by atoms with van der Waals surface area (Å²) in [6.07, 6.45) is 0. The molecule has 4 nitrogen and oxygen atoms in total. The average molecular weight is 419 g/mol. The van der Waals surface area contributed by atoms with Crippen molar-refractivity contribution in [2.75, 3.05) is 5.32 Å². The molecular formula is C23H16NO3S2-. The lowest BCUT2D eigenvalue weighted by atomic mass is 9.90. The normalized spacial score (nSPS) is 10.8. The Kier molecular flexibility index (Phi) is 5.55. The van der Waals surface area contributed by atoms with E-state index in [1.807, 2.05) is 78.2 Å². The van der Waals surface area contributed by atoms with E-state index < -0.39 is 11.9 Å². The molecule has 4 aromatic rings. The molecule has 0 spiro atoms. The number of hydrogen-bond donors (Lipinski definition) is 1. The highest BCUT2D eigenvalue weighted by molar-refractivity contribution is 7.17. The Morgan fingerprint density at radius 3 is 1.97 bits per heavy atom. The number of carboxylic acids is 1. The van der Waals surface area contributed by atoms with E-state index in [-0.39, 0.29) is 16.5 Å². The van der Waals surface area contributed by atoms with E-state index in [0.717, 1.165) is 16.0 Å². The maximum atomic E-state index is 13.3. The first-order valence-corrected chi connectivity index (χ1v) is 10.7. The lowest BCUT2D eigenvalue weighted by molar-refractivity contribution is -0.254. The molecule has 1 N–H and O–H groups in total. The fourth-order valence-electron chi connectivity index (χ4n) is 3.24. The molecule has 4 rings (SSSR count). The molecule has 2 aromatic heterocycles. The van der Waals surface area contributed by atoms with Gasteiger partial charge in [-0.05, 0) is 22.6 Å². The molecule has 144 valence electrons. The van der Waals surface area contributed by atoms with Crippen molar-refractivity contribution < 1.29 is 14.7 Å². The molecule has 1 amide bonds. The van der Waals surface area contributed by atoms with Crippen LogP contribution < -0.4 is 10.4 Å². The summed E-state index contributed by atoms with van der Waals surface area (Å²) in [4.78, 5) is 25.9. The van der Waals surface area contributed by atoms with Crippen molar-refractivity contribution in [3.63, 3.8) is 0 Å². The molecule has 6 heteroatoms. The van der Waals surface area contributed by atoms with Crippen LogP contribution in [0.3, 0.4) is 0 Å². The highest BCUT2D eigenvalue weighted by atomic mass is 32.1. The van der Waals surface area contributed by atoms with Gasteiger partial charge >= 0.3 is 0 Å². The predicted octanol–water partition coefficient (Wildman–Crippen LogP) is 4.61. The summed E-state index contributed by atoms with van der Waals surface area (Å²) in [7, 11) is 0. The molecule has 0 radical (unpaired) electrons. The van der Waals surface area contributed by atoms with Gasteiger partial charge in [-0.15, -0.1) is 22.7 Å². The predicted molar refractivity (Wildman–Crippen MR) is 115 cm³/mol. The number of aromatic carboxylic acids is 1. The van der Waals surface area contributed by atoms with E-state index in [0.29, 0.717) is 5.56 Å². The molecule has 0 saturated heterocycles. The van der Waals surface area contributed by atoms with Crippen LogP contribution in [-0.2, 0) is 4.79 Å². The molecule has 0 aliphatic heterocycles. The lowest BCUT2D eigenvalue weighted by Gasteiger charge is -2.18. The van der Waals surface area contributed by atoms with Crippen LogP contribution in [0.25, 0.3) is 10.4 Å². The van der Waals surface area contributed by atoms with Gasteiger partial charge in [-0.25, -0.2) is 0 Å². The number of rotatable bonds is 6. The Bertz CT molecular complexity index is 1080. The zero-order chi connectivity index (χ0) is 20.2. The van der Waals surface area contributed by atoms with E-state index >= 15 is 0 Å². The quantitative estimate of drug-likeness (QED) is 0.497. The first kappa shape index (κ1) is 19.1. The van der Waals surface area contributed by atoms with Crippen LogP contribution in [-0.4, -0.2) is 11.9 Å². The van der Waals surface area contributed by atoms with Gasteiger partial charge in [-0.2, -0.15) is 0 Å². The molecule has 0 aliphatic carbocycles. The van der Waals surface area contributed by atoms with Gasteiger partial charge in [0, 0.05) is 21.4 Å². The number of carboxylic acid groups (broad SMARTS) is 1. The van der Waals surface area contributed by atoms with Crippen LogP contribution in [0.1, 0.15) is 27.4 Å². The van der Waals surface area contributed by atoms with E-state index in [4.69, 9.17) is 0 Å². The molecule has 0 aliphatic rings. The van der Waals surface area contributed by atoms with E-state index in [2.05, 4.69) is 5.32 Å². The SMILES string of the molecule is O=C([O-])c1c(-c2cccs2)csc1NC(=O)C(c1ccccc1)c1ccccc1. The second kappa shape index (κ2) is 8.43. The molecule has 0 fully saturated rings. The van der Waals surface area contributed by atoms with Gasteiger partial charge in [0.05, 0.1) is 11.9 Å². The smallest absolute Gasteiger partial charge is 0.237 e. The van der Waals surface area contributed by atoms with Crippen molar-refractivity contribution in [1.29, 1.82) is 0 Å². The maximum Gasteiger partial charge on any atom is 0.237 e. The van der Waals surface area contributed by atoms with Gasteiger partial charge in [-0.3, -0.25) is 4.79 Å². The summed E-state index contributed by atoms with van der Waals surface area (Å²) in [6.45, 7) is 0. The van der Waals surface area contributed by atoms with E-state index in [1.165, 1.54) is 22.7 Å². The van der Waals surface area contributed by atoms with Crippen molar-refractivity contribution in [1.82, 2.24) is 0 Å². The lowest BCUT2D eigenvalue weighted by Crippen LogP contribution is -2.26. The average Bonchev–Trinajstić information content (AvgIpc) is 3.39. The summed E-state index contributed by atoms with van der Waals surface area (Å²) in [6, 6.07) is 22.6. The standard InChI is InChI=1S/C23H17NO3S2/c25-21(19(15-8-3-1-4-9-15)16-10-5-2-6-11-16)24-22-20(23(26)27)17(14-29-22)18-12-7-13-28-18/h1-14,19H,(H,24,25)(H,26,27)/p-1. The fraction of sp³-hybridized carbons (Fsp3) is 0.0435. The number of nitrogens with one attached hydrogen (secondary N) is 1. The van der Waals surface area contributed by atoms with E-state index in [1.54, 1.807) is 5.38 Å². The fourth-order valence-corrected chi connectivity index (χ4v) is 5.01. The zero-order valence-electron chi connectivity index (χ0n) is 15.2. The number of benzene rings is 2. The Morgan fingerprint density at radius 2 is 1.45 bits per heavy atom. The third kappa shape index (κ3) is 3.99. The molecule has 0 saturated carbocycles. The zero-order valence-corrected chi connectivity index (χ0v) is 16.8. The minimum atomic E-state index is -1.30. The molecule has 0 unspecified atom stereocenters. The summed E-state index contributed by atoms with van der Waals surface area (Å²) < 4.78 is 0.